The number of hydrogen-bond acceptors (Lipinski definition) is 4. The van der Waals surface area contributed by atoms with E-state index in [4.69, 9.17) is 21.1 Å². The molecule has 0 heterocycles. The van der Waals surface area contributed by atoms with E-state index in [0.29, 0.717) is 29.7 Å². The molecule has 0 atom stereocenters. The summed E-state index contributed by atoms with van der Waals surface area (Å²) in [4.78, 5) is -0.00810. The molecule has 0 unspecified atom stereocenters. The fourth-order valence-electron chi connectivity index (χ4n) is 2.15. The summed E-state index contributed by atoms with van der Waals surface area (Å²) in [6.45, 7) is 6.19. The van der Waals surface area contributed by atoms with E-state index in [1.165, 1.54) is 6.07 Å². The molecule has 0 radical (unpaired) electrons. The molecule has 7 heteroatoms. The molecule has 0 saturated carbocycles. The van der Waals surface area contributed by atoms with Crippen molar-refractivity contribution in [2.75, 3.05) is 17.9 Å². The van der Waals surface area contributed by atoms with E-state index in [9.17, 15) is 8.42 Å². The summed E-state index contributed by atoms with van der Waals surface area (Å²) < 4.78 is 39.1. The van der Waals surface area contributed by atoms with Crippen molar-refractivity contribution in [3.05, 3.63) is 47.0 Å². The summed E-state index contributed by atoms with van der Waals surface area (Å²) in [6, 6.07) is 9.86. The standard InChI is InChI=1S/C17H20ClNO4S/c1-4-22-15-9-7-6-8-14(15)19-24(20,21)17-11-13(18)12(3)10-16(17)23-5-2/h6-11,19H,4-5H2,1-3H3. The fraction of sp³-hybridized carbons (Fsp3) is 0.294. The molecule has 0 spiro atoms. The SMILES string of the molecule is CCOc1ccccc1NS(=O)(=O)c1cc(Cl)c(C)cc1OCC. The van der Waals surface area contributed by atoms with E-state index in [2.05, 4.69) is 4.72 Å². The molecule has 0 amide bonds. The molecule has 24 heavy (non-hydrogen) atoms. The van der Waals surface area contributed by atoms with Crippen LogP contribution in [-0.4, -0.2) is 21.6 Å². The molecule has 2 rings (SSSR count). The lowest BCUT2D eigenvalue weighted by Crippen LogP contribution is -2.15. The van der Waals surface area contributed by atoms with E-state index >= 15 is 0 Å². The van der Waals surface area contributed by atoms with Gasteiger partial charge in [0.2, 0.25) is 0 Å². The maximum atomic E-state index is 12.8. The molecule has 0 bridgehead atoms. The van der Waals surface area contributed by atoms with Gasteiger partial charge in [-0.05, 0) is 50.6 Å². The van der Waals surface area contributed by atoms with Crippen molar-refractivity contribution in [2.45, 2.75) is 25.7 Å². The number of halogens is 1. The average Bonchev–Trinajstić information content (AvgIpc) is 2.52. The Morgan fingerprint density at radius 1 is 1.04 bits per heavy atom. The fourth-order valence-corrected chi connectivity index (χ4v) is 3.60. The topological polar surface area (TPSA) is 64.6 Å². The maximum Gasteiger partial charge on any atom is 0.265 e. The molecule has 0 saturated heterocycles. The molecule has 1 N–H and O–H groups in total. The molecule has 2 aromatic rings. The van der Waals surface area contributed by atoms with Crippen LogP contribution < -0.4 is 14.2 Å². The first kappa shape index (κ1) is 18.4. The zero-order valence-electron chi connectivity index (χ0n) is 13.8. The highest BCUT2D eigenvalue weighted by Crippen LogP contribution is 2.33. The average molecular weight is 370 g/mol. The summed E-state index contributed by atoms with van der Waals surface area (Å²) in [5.74, 6) is 0.723. The molecule has 0 aliphatic heterocycles. The highest BCUT2D eigenvalue weighted by molar-refractivity contribution is 7.92. The van der Waals surface area contributed by atoms with Crippen LogP contribution in [0.1, 0.15) is 19.4 Å². The summed E-state index contributed by atoms with van der Waals surface area (Å²) in [5, 5.41) is 0.358. The van der Waals surface area contributed by atoms with Crippen molar-refractivity contribution in [2.24, 2.45) is 0 Å². The minimum Gasteiger partial charge on any atom is -0.492 e. The van der Waals surface area contributed by atoms with Gasteiger partial charge in [-0.1, -0.05) is 23.7 Å². The second-order valence-electron chi connectivity index (χ2n) is 5.02. The molecule has 0 aliphatic rings. The number of sulfonamides is 1. The lowest BCUT2D eigenvalue weighted by atomic mass is 10.2. The van der Waals surface area contributed by atoms with Crippen molar-refractivity contribution in [1.29, 1.82) is 0 Å². The third-order valence-corrected chi connectivity index (χ3v) is 5.04. The summed E-state index contributed by atoms with van der Waals surface area (Å²) in [5.41, 5.74) is 1.10. The van der Waals surface area contributed by atoms with Gasteiger partial charge in [0.15, 0.2) is 0 Å². The molecule has 2 aromatic carbocycles. The molecular formula is C17H20ClNO4S. The minimum absolute atomic E-state index is 0.00810. The second-order valence-corrected chi connectivity index (χ2v) is 7.07. The molecule has 0 fully saturated rings. The highest BCUT2D eigenvalue weighted by atomic mass is 35.5. The zero-order chi connectivity index (χ0) is 17.7. The normalized spacial score (nSPS) is 11.2. The van der Waals surface area contributed by atoms with Gasteiger partial charge in [0, 0.05) is 5.02 Å². The molecule has 0 aliphatic carbocycles. The largest absolute Gasteiger partial charge is 0.492 e. The van der Waals surface area contributed by atoms with E-state index in [0.717, 1.165) is 5.56 Å². The number of anilines is 1. The number of hydrogen-bond donors (Lipinski definition) is 1. The van der Waals surface area contributed by atoms with E-state index in [1.54, 1.807) is 44.2 Å². The smallest absolute Gasteiger partial charge is 0.265 e. The van der Waals surface area contributed by atoms with Crippen molar-refractivity contribution < 1.29 is 17.9 Å². The minimum atomic E-state index is -3.89. The van der Waals surface area contributed by atoms with Gasteiger partial charge in [-0.2, -0.15) is 0 Å². The summed E-state index contributed by atoms with van der Waals surface area (Å²) >= 11 is 6.10. The number of rotatable bonds is 7. The molecule has 5 nitrogen and oxygen atoms in total. The van der Waals surface area contributed by atoms with Crippen molar-refractivity contribution in [3.63, 3.8) is 0 Å². The van der Waals surface area contributed by atoms with Crippen LogP contribution in [0.2, 0.25) is 5.02 Å². The molecule has 0 aromatic heterocycles. The molecular weight excluding hydrogens is 350 g/mol. The lowest BCUT2D eigenvalue weighted by Gasteiger charge is -2.16. The Morgan fingerprint density at radius 3 is 2.33 bits per heavy atom. The monoisotopic (exact) mass is 369 g/mol. The van der Waals surface area contributed by atoms with Crippen molar-refractivity contribution in [3.8, 4) is 11.5 Å². The van der Waals surface area contributed by atoms with Gasteiger partial charge < -0.3 is 9.47 Å². The Bertz CT molecular complexity index is 821. The van der Waals surface area contributed by atoms with Crippen LogP contribution in [-0.2, 0) is 10.0 Å². The van der Waals surface area contributed by atoms with Gasteiger partial charge in [-0.3, -0.25) is 4.72 Å². The Kier molecular flexibility index (Phi) is 5.96. The third kappa shape index (κ3) is 4.13. The van der Waals surface area contributed by atoms with Crippen LogP contribution >= 0.6 is 11.6 Å². The van der Waals surface area contributed by atoms with E-state index in [-0.39, 0.29) is 10.6 Å². The maximum absolute atomic E-state index is 12.8. The van der Waals surface area contributed by atoms with Crippen LogP contribution in [0.5, 0.6) is 11.5 Å². The predicted molar refractivity (Wildman–Crippen MR) is 95.8 cm³/mol. The van der Waals surface area contributed by atoms with Crippen molar-refractivity contribution >= 4 is 27.3 Å². The van der Waals surface area contributed by atoms with E-state index < -0.39 is 10.0 Å². The summed E-state index contributed by atoms with van der Waals surface area (Å²) in [7, 11) is -3.89. The van der Waals surface area contributed by atoms with Crippen molar-refractivity contribution in [1.82, 2.24) is 0 Å². The van der Waals surface area contributed by atoms with Crippen LogP contribution in [0.3, 0.4) is 0 Å². The van der Waals surface area contributed by atoms with Gasteiger partial charge in [0.05, 0.1) is 18.9 Å². The van der Waals surface area contributed by atoms with Gasteiger partial charge >= 0.3 is 0 Å². The zero-order valence-corrected chi connectivity index (χ0v) is 15.4. The predicted octanol–water partition coefficient (Wildman–Crippen LogP) is 4.25. The van der Waals surface area contributed by atoms with Crippen LogP contribution in [0.15, 0.2) is 41.3 Å². The first-order valence-electron chi connectivity index (χ1n) is 7.56. The first-order valence-corrected chi connectivity index (χ1v) is 9.42. The third-order valence-electron chi connectivity index (χ3n) is 3.25. The Labute approximate surface area is 147 Å². The Morgan fingerprint density at radius 2 is 1.67 bits per heavy atom. The number of para-hydroxylation sites is 2. The van der Waals surface area contributed by atoms with E-state index in [1.807, 2.05) is 6.92 Å². The first-order chi connectivity index (χ1) is 11.4. The lowest BCUT2D eigenvalue weighted by molar-refractivity contribution is 0.331. The molecule has 130 valence electrons. The highest BCUT2D eigenvalue weighted by Gasteiger charge is 2.22. The Balaban J connectivity index is 2.46. The number of nitrogens with one attached hydrogen (secondary N) is 1. The number of ether oxygens (including phenoxy) is 2. The van der Waals surface area contributed by atoms with Gasteiger partial charge in [-0.15, -0.1) is 0 Å². The van der Waals surface area contributed by atoms with Gasteiger partial charge in [-0.25, -0.2) is 8.42 Å². The number of benzene rings is 2. The van der Waals surface area contributed by atoms with Gasteiger partial charge in [0.25, 0.3) is 10.0 Å². The second kappa shape index (κ2) is 7.77. The van der Waals surface area contributed by atoms with Gasteiger partial charge in [0.1, 0.15) is 16.4 Å². The van der Waals surface area contributed by atoms with Crippen LogP contribution in [0.25, 0.3) is 0 Å². The summed E-state index contributed by atoms with van der Waals surface area (Å²) in [6.07, 6.45) is 0. The number of aryl methyl sites for hydroxylation is 1. The van der Waals surface area contributed by atoms with Crippen LogP contribution in [0, 0.1) is 6.92 Å². The van der Waals surface area contributed by atoms with Crippen LogP contribution in [0.4, 0.5) is 5.69 Å². The Hall–Kier alpha value is -1.92. The quantitative estimate of drug-likeness (QED) is 0.792.